The summed E-state index contributed by atoms with van der Waals surface area (Å²) in [6, 6.07) is 13.0. The zero-order chi connectivity index (χ0) is 20.2. The van der Waals surface area contributed by atoms with Gasteiger partial charge in [-0.3, -0.25) is 0 Å². The topological polar surface area (TPSA) is 9.37 Å². The van der Waals surface area contributed by atoms with Gasteiger partial charge in [-0.1, -0.05) is 29.8 Å². The molecule has 0 amide bonds. The van der Waals surface area contributed by atoms with Gasteiger partial charge in [0, 0.05) is 35.9 Å². The number of benzene rings is 2. The van der Waals surface area contributed by atoms with Crippen molar-refractivity contribution >= 4 is 10.9 Å². The van der Waals surface area contributed by atoms with Crippen LogP contribution in [0.5, 0.6) is 0 Å². The summed E-state index contributed by atoms with van der Waals surface area (Å²) in [6.07, 6.45) is -0.0810. The third kappa shape index (κ3) is 3.16. The molecule has 2 nitrogen and oxygen atoms in total. The normalized spacial score (nSPS) is 21.8. The van der Waals surface area contributed by atoms with E-state index >= 15 is 0 Å². The third-order valence-electron chi connectivity index (χ3n) is 6.73. The van der Waals surface area contributed by atoms with E-state index in [1.807, 2.05) is 0 Å². The summed E-state index contributed by atoms with van der Waals surface area (Å²) < 4.78 is 43.1. The molecule has 2 atom stereocenters. The van der Waals surface area contributed by atoms with Crippen LogP contribution in [0.2, 0.25) is 0 Å². The first-order valence-electron chi connectivity index (χ1n) is 10.5. The van der Waals surface area contributed by atoms with Crippen LogP contribution in [0.1, 0.15) is 53.3 Å². The maximum Gasteiger partial charge on any atom is 0.416 e. The van der Waals surface area contributed by atoms with Gasteiger partial charge in [-0.2, -0.15) is 13.2 Å². The van der Waals surface area contributed by atoms with Gasteiger partial charge < -0.3 is 9.47 Å². The quantitative estimate of drug-likeness (QED) is 0.632. The van der Waals surface area contributed by atoms with Gasteiger partial charge in [-0.05, 0) is 43.5 Å². The Morgan fingerprint density at radius 1 is 1.10 bits per heavy atom. The van der Waals surface area contributed by atoms with Gasteiger partial charge in [0.2, 0.25) is 0 Å². The largest absolute Gasteiger partial charge is 0.416 e. The zero-order valence-electron chi connectivity index (χ0n) is 16.6. The number of hydrogen-bond acceptors (Lipinski definition) is 0. The number of aryl methyl sites for hydroxylation is 3. The molecule has 1 aliphatic heterocycles. The molecule has 152 valence electrons. The van der Waals surface area contributed by atoms with Gasteiger partial charge >= 0.3 is 6.18 Å². The highest BCUT2D eigenvalue weighted by Gasteiger charge is 2.38. The first-order valence-corrected chi connectivity index (χ1v) is 10.5. The molecule has 0 bridgehead atoms. The average molecular weight is 399 g/mol. The van der Waals surface area contributed by atoms with Crippen molar-refractivity contribution in [2.45, 2.75) is 57.9 Å². The fourth-order valence-electron chi connectivity index (χ4n) is 5.52. The second-order valence-electron chi connectivity index (χ2n) is 8.57. The first kappa shape index (κ1) is 18.7. The number of rotatable bonds is 2. The zero-order valence-corrected chi connectivity index (χ0v) is 16.6. The Kier molecular flexibility index (Phi) is 4.46. The van der Waals surface area contributed by atoms with Gasteiger partial charge in [0.1, 0.15) is 12.6 Å². The van der Waals surface area contributed by atoms with Crippen LogP contribution in [0.25, 0.3) is 10.9 Å². The van der Waals surface area contributed by atoms with E-state index in [4.69, 9.17) is 0 Å². The van der Waals surface area contributed by atoms with E-state index in [9.17, 15) is 13.2 Å². The predicted molar refractivity (Wildman–Crippen MR) is 108 cm³/mol. The summed E-state index contributed by atoms with van der Waals surface area (Å²) in [6.45, 7) is 4.42. The number of nitrogens with zero attached hydrogens (tertiary/aromatic N) is 1. The minimum absolute atomic E-state index is 0.273. The van der Waals surface area contributed by atoms with Crippen LogP contribution in [0.3, 0.4) is 0 Å². The van der Waals surface area contributed by atoms with E-state index in [-0.39, 0.29) is 6.04 Å². The van der Waals surface area contributed by atoms with E-state index < -0.39 is 11.7 Å². The minimum atomic E-state index is -4.30. The van der Waals surface area contributed by atoms with Crippen molar-refractivity contribution in [3.8, 4) is 0 Å². The van der Waals surface area contributed by atoms with Crippen molar-refractivity contribution < 1.29 is 18.1 Å². The lowest BCUT2D eigenvalue weighted by molar-refractivity contribution is -0.945. The number of hydrogen-bond donors (Lipinski definition) is 1. The van der Waals surface area contributed by atoms with Gasteiger partial charge in [0.05, 0.1) is 17.8 Å². The molecule has 0 radical (unpaired) electrons. The molecule has 1 aromatic heterocycles. The van der Waals surface area contributed by atoms with E-state index in [0.717, 1.165) is 38.8 Å². The van der Waals surface area contributed by atoms with Crippen LogP contribution in [-0.4, -0.2) is 11.1 Å². The Balaban J connectivity index is 1.58. The summed E-state index contributed by atoms with van der Waals surface area (Å²) in [5.74, 6) is 0. The lowest BCUT2D eigenvalue weighted by Gasteiger charge is -2.31. The van der Waals surface area contributed by atoms with E-state index in [0.29, 0.717) is 12.1 Å². The molecule has 0 saturated carbocycles. The Bertz CT molecular complexity index is 1060. The molecule has 2 heterocycles. The number of halogens is 3. The molecule has 1 unspecified atom stereocenters. The predicted octanol–water partition coefficient (Wildman–Crippen LogP) is 4.83. The lowest BCUT2D eigenvalue weighted by Crippen LogP contribution is -3.11. The maximum atomic E-state index is 13.5. The second-order valence-corrected chi connectivity index (χ2v) is 8.57. The number of fused-ring (bicyclic) bond motifs is 3. The Labute approximate surface area is 168 Å². The van der Waals surface area contributed by atoms with E-state index in [1.54, 1.807) is 12.1 Å². The first-order chi connectivity index (χ1) is 13.9. The molecule has 5 rings (SSSR count). The van der Waals surface area contributed by atoms with Crippen LogP contribution < -0.4 is 4.90 Å². The molecule has 1 aliphatic carbocycles. The molecule has 5 heteroatoms. The van der Waals surface area contributed by atoms with Crippen molar-refractivity contribution in [2.24, 2.45) is 0 Å². The standard InChI is InChI=1S/C24H25F3N2/c1-16-10-11-21-19(14-16)18-7-4-9-22-23(18)29(21)13-5-12-28(22)15-17-6-2-3-8-20(17)24(25,26)27/h2-3,6,8,10-11,14,22H,4-5,7,9,12-13,15H2,1H3/p+1/t22-/m0/s1. The Morgan fingerprint density at radius 3 is 2.76 bits per heavy atom. The number of alkyl halides is 3. The van der Waals surface area contributed by atoms with Crippen molar-refractivity contribution in [2.75, 3.05) is 6.54 Å². The Morgan fingerprint density at radius 2 is 1.93 bits per heavy atom. The van der Waals surface area contributed by atoms with Crippen molar-refractivity contribution in [1.29, 1.82) is 0 Å². The summed E-state index contributed by atoms with van der Waals surface area (Å²) >= 11 is 0. The van der Waals surface area contributed by atoms with Gasteiger partial charge in [0.25, 0.3) is 0 Å². The van der Waals surface area contributed by atoms with Crippen LogP contribution in [0, 0.1) is 6.92 Å². The fraction of sp³-hybridized carbons (Fsp3) is 0.417. The maximum absolute atomic E-state index is 13.5. The smallest absolute Gasteiger partial charge is 0.339 e. The molecule has 2 aromatic carbocycles. The SMILES string of the molecule is Cc1ccc2c(c1)c1c3n2CCC[NH+](Cc2ccccc2C(F)(F)F)[C@H]3CCC1. The van der Waals surface area contributed by atoms with E-state index in [1.165, 1.54) is 44.8 Å². The van der Waals surface area contributed by atoms with Gasteiger partial charge in [-0.15, -0.1) is 0 Å². The fourth-order valence-corrected chi connectivity index (χ4v) is 5.52. The third-order valence-corrected chi connectivity index (χ3v) is 6.73. The molecule has 0 spiro atoms. The molecule has 3 aromatic rings. The lowest BCUT2D eigenvalue weighted by atomic mass is 9.90. The van der Waals surface area contributed by atoms with Crippen LogP contribution in [0.15, 0.2) is 42.5 Å². The second kappa shape index (κ2) is 6.91. The molecule has 2 aliphatic rings. The van der Waals surface area contributed by atoms with E-state index in [2.05, 4.69) is 29.7 Å². The summed E-state index contributed by atoms with van der Waals surface area (Å²) in [4.78, 5) is 1.28. The summed E-state index contributed by atoms with van der Waals surface area (Å²) in [5, 5.41) is 1.35. The van der Waals surface area contributed by atoms with Crippen molar-refractivity contribution in [3.63, 3.8) is 0 Å². The van der Waals surface area contributed by atoms with Crippen molar-refractivity contribution in [1.82, 2.24) is 4.57 Å². The van der Waals surface area contributed by atoms with Crippen molar-refractivity contribution in [3.05, 3.63) is 70.4 Å². The number of quaternary nitrogens is 1. The Hall–Kier alpha value is -2.27. The average Bonchev–Trinajstić information content (AvgIpc) is 2.87. The molecular formula is C24H26F3N2+. The molecule has 0 fully saturated rings. The minimum Gasteiger partial charge on any atom is -0.339 e. The molecule has 29 heavy (non-hydrogen) atoms. The highest BCUT2D eigenvalue weighted by Crippen LogP contribution is 2.38. The molecule has 0 saturated heterocycles. The highest BCUT2D eigenvalue weighted by atomic mass is 19.4. The van der Waals surface area contributed by atoms with Crippen LogP contribution >= 0.6 is 0 Å². The molecule has 1 N–H and O–H groups in total. The van der Waals surface area contributed by atoms with Gasteiger partial charge in [-0.25, -0.2) is 0 Å². The van der Waals surface area contributed by atoms with Gasteiger partial charge in [0.15, 0.2) is 0 Å². The monoisotopic (exact) mass is 399 g/mol. The number of nitrogens with one attached hydrogen (secondary N) is 1. The summed E-state index contributed by atoms with van der Waals surface area (Å²) in [5.41, 5.74) is 5.31. The highest BCUT2D eigenvalue weighted by molar-refractivity contribution is 5.86. The molecular weight excluding hydrogens is 373 g/mol. The summed E-state index contributed by atoms with van der Waals surface area (Å²) in [7, 11) is 0. The van der Waals surface area contributed by atoms with Crippen LogP contribution in [0.4, 0.5) is 13.2 Å². The number of aromatic nitrogens is 1. The van der Waals surface area contributed by atoms with Crippen LogP contribution in [-0.2, 0) is 25.7 Å².